The number of nitrogens with two attached hydrogens (primary N) is 1. The molecule has 1 amide bonds. The highest BCUT2D eigenvalue weighted by Gasteiger charge is 2.20. The van der Waals surface area contributed by atoms with E-state index in [1.54, 1.807) is 0 Å². The number of amides is 1. The molecule has 2 rings (SSSR count). The third-order valence-corrected chi connectivity index (χ3v) is 3.79. The van der Waals surface area contributed by atoms with Crippen molar-refractivity contribution >= 4 is 23.1 Å². The average Bonchev–Trinajstić information content (AvgIpc) is 2.88. The van der Waals surface area contributed by atoms with Gasteiger partial charge in [-0.05, 0) is 42.1 Å². The zero-order valence-corrected chi connectivity index (χ0v) is 12.6. The number of nitrogen functional groups attached to an aromatic ring is 1. The van der Waals surface area contributed by atoms with E-state index in [1.165, 1.54) is 0 Å². The van der Waals surface area contributed by atoms with Crippen LogP contribution in [0.3, 0.4) is 0 Å². The normalized spacial score (nSPS) is 12.4. The molecule has 1 aromatic heterocycles. The smallest absolute Gasteiger partial charge is 0.265 e. The van der Waals surface area contributed by atoms with Crippen LogP contribution in [0, 0.1) is 0 Å². The van der Waals surface area contributed by atoms with Crippen LogP contribution in [0.15, 0.2) is 24.3 Å². The Kier molecular flexibility index (Phi) is 4.34. The summed E-state index contributed by atoms with van der Waals surface area (Å²) in [5.74, 6) is 0.0503. The molecular formula is C14H18N4OS. The fourth-order valence-electron chi connectivity index (χ4n) is 1.86. The number of aromatic nitrogens is 2. The van der Waals surface area contributed by atoms with Crippen molar-refractivity contribution in [2.45, 2.75) is 32.7 Å². The lowest BCUT2D eigenvalue weighted by atomic mass is 10.1. The fraction of sp³-hybridized carbons (Fsp3) is 0.357. The lowest BCUT2D eigenvalue weighted by Crippen LogP contribution is -2.26. The molecule has 0 aliphatic rings. The van der Waals surface area contributed by atoms with Crippen LogP contribution in [0.1, 0.15) is 53.7 Å². The maximum atomic E-state index is 12.3. The molecule has 2 aromatic rings. The minimum absolute atomic E-state index is 0.0924. The van der Waals surface area contributed by atoms with Gasteiger partial charge in [0, 0.05) is 5.69 Å². The highest BCUT2D eigenvalue weighted by molar-refractivity contribution is 7.08. The molecule has 20 heavy (non-hydrogen) atoms. The molecule has 0 aliphatic carbocycles. The van der Waals surface area contributed by atoms with E-state index in [2.05, 4.69) is 14.9 Å². The van der Waals surface area contributed by atoms with E-state index in [-0.39, 0.29) is 17.9 Å². The van der Waals surface area contributed by atoms with Gasteiger partial charge in [-0.3, -0.25) is 4.79 Å². The Hall–Kier alpha value is -1.95. The lowest BCUT2D eigenvalue weighted by Gasteiger charge is -2.14. The summed E-state index contributed by atoms with van der Waals surface area (Å²) in [7, 11) is 0. The Balaban J connectivity index is 2.11. The van der Waals surface area contributed by atoms with Crippen LogP contribution in [0.25, 0.3) is 0 Å². The number of rotatable bonds is 4. The van der Waals surface area contributed by atoms with Crippen molar-refractivity contribution in [1.82, 2.24) is 14.9 Å². The molecule has 0 bridgehead atoms. The monoisotopic (exact) mass is 290 g/mol. The molecule has 1 atom stereocenters. The predicted molar refractivity (Wildman–Crippen MR) is 80.7 cm³/mol. The Morgan fingerprint density at radius 3 is 2.50 bits per heavy atom. The number of hydrogen-bond donors (Lipinski definition) is 2. The molecule has 1 aromatic carbocycles. The van der Waals surface area contributed by atoms with Crippen molar-refractivity contribution in [3.8, 4) is 0 Å². The second-order valence-corrected chi connectivity index (χ2v) is 5.76. The summed E-state index contributed by atoms with van der Waals surface area (Å²) < 4.78 is 3.87. The van der Waals surface area contributed by atoms with Gasteiger partial charge in [-0.2, -0.15) is 0 Å². The number of carbonyl (C=O) groups is 1. The molecule has 0 saturated heterocycles. The fourth-order valence-corrected chi connectivity index (χ4v) is 2.59. The van der Waals surface area contributed by atoms with Crippen LogP contribution in [-0.4, -0.2) is 15.5 Å². The topological polar surface area (TPSA) is 80.9 Å². The van der Waals surface area contributed by atoms with E-state index in [0.717, 1.165) is 22.8 Å². The molecular weight excluding hydrogens is 272 g/mol. The summed E-state index contributed by atoms with van der Waals surface area (Å²) >= 11 is 1.13. The van der Waals surface area contributed by atoms with E-state index in [9.17, 15) is 4.79 Å². The SMILES string of the molecule is CC(C)c1nnsc1C(=O)NC(C)c1ccc(N)cc1. The van der Waals surface area contributed by atoms with Gasteiger partial charge in [0.1, 0.15) is 4.88 Å². The van der Waals surface area contributed by atoms with Gasteiger partial charge in [0.05, 0.1) is 11.7 Å². The van der Waals surface area contributed by atoms with Gasteiger partial charge in [0.25, 0.3) is 5.91 Å². The second-order valence-electron chi connectivity index (χ2n) is 5.00. The van der Waals surface area contributed by atoms with Crippen LogP contribution < -0.4 is 11.1 Å². The van der Waals surface area contributed by atoms with E-state index in [1.807, 2.05) is 45.0 Å². The van der Waals surface area contributed by atoms with Crippen molar-refractivity contribution < 1.29 is 4.79 Å². The van der Waals surface area contributed by atoms with Crippen LogP contribution in [0.2, 0.25) is 0 Å². The molecule has 1 heterocycles. The summed E-state index contributed by atoms with van der Waals surface area (Å²) in [6.45, 7) is 5.93. The molecule has 106 valence electrons. The number of benzene rings is 1. The summed E-state index contributed by atoms with van der Waals surface area (Å²) in [4.78, 5) is 12.9. The Morgan fingerprint density at radius 2 is 1.90 bits per heavy atom. The molecule has 0 radical (unpaired) electrons. The summed E-state index contributed by atoms with van der Waals surface area (Å²) in [5, 5.41) is 6.98. The first kappa shape index (κ1) is 14.5. The van der Waals surface area contributed by atoms with Gasteiger partial charge in [-0.25, -0.2) is 0 Å². The van der Waals surface area contributed by atoms with Crippen LogP contribution in [0.5, 0.6) is 0 Å². The number of carbonyl (C=O) groups excluding carboxylic acids is 1. The third-order valence-electron chi connectivity index (χ3n) is 3.05. The first-order valence-electron chi connectivity index (χ1n) is 6.47. The van der Waals surface area contributed by atoms with Gasteiger partial charge in [-0.15, -0.1) is 5.10 Å². The van der Waals surface area contributed by atoms with Crippen molar-refractivity contribution in [3.05, 3.63) is 40.4 Å². The number of nitrogens with zero attached hydrogens (tertiary/aromatic N) is 2. The molecule has 6 heteroatoms. The Labute approximate surface area is 122 Å². The van der Waals surface area contributed by atoms with Crippen LogP contribution >= 0.6 is 11.5 Å². The molecule has 0 spiro atoms. The maximum absolute atomic E-state index is 12.3. The van der Waals surface area contributed by atoms with Gasteiger partial charge in [0.15, 0.2) is 0 Å². The largest absolute Gasteiger partial charge is 0.399 e. The quantitative estimate of drug-likeness (QED) is 0.848. The van der Waals surface area contributed by atoms with Crippen molar-refractivity contribution in [2.24, 2.45) is 0 Å². The molecule has 0 saturated carbocycles. The van der Waals surface area contributed by atoms with Crippen LogP contribution in [-0.2, 0) is 0 Å². The highest BCUT2D eigenvalue weighted by atomic mass is 32.1. The number of hydrogen-bond acceptors (Lipinski definition) is 5. The average molecular weight is 290 g/mol. The van der Waals surface area contributed by atoms with Crippen LogP contribution in [0.4, 0.5) is 5.69 Å². The molecule has 3 N–H and O–H groups in total. The summed E-state index contributed by atoms with van der Waals surface area (Å²) in [6.07, 6.45) is 0. The molecule has 0 fully saturated rings. The minimum atomic E-state index is -0.131. The summed E-state index contributed by atoms with van der Waals surface area (Å²) in [5.41, 5.74) is 8.12. The van der Waals surface area contributed by atoms with Crippen molar-refractivity contribution in [2.75, 3.05) is 5.73 Å². The lowest BCUT2D eigenvalue weighted by molar-refractivity contribution is 0.0942. The van der Waals surface area contributed by atoms with E-state index < -0.39 is 0 Å². The standard InChI is InChI=1S/C14H18N4OS/c1-8(2)12-13(20-18-17-12)14(19)16-9(3)10-4-6-11(15)7-5-10/h4-9H,15H2,1-3H3,(H,16,19). The Morgan fingerprint density at radius 1 is 1.25 bits per heavy atom. The number of nitrogens with one attached hydrogen (secondary N) is 1. The molecule has 0 aliphatic heterocycles. The van der Waals surface area contributed by atoms with E-state index >= 15 is 0 Å². The van der Waals surface area contributed by atoms with Gasteiger partial charge < -0.3 is 11.1 Å². The predicted octanol–water partition coefficient (Wildman–Crippen LogP) is 2.73. The van der Waals surface area contributed by atoms with E-state index in [4.69, 9.17) is 5.73 Å². The summed E-state index contributed by atoms with van der Waals surface area (Å²) in [6, 6.07) is 7.38. The molecule has 5 nitrogen and oxygen atoms in total. The molecule has 1 unspecified atom stereocenters. The zero-order valence-electron chi connectivity index (χ0n) is 11.8. The Bertz CT molecular complexity index is 591. The van der Waals surface area contributed by atoms with Gasteiger partial charge >= 0.3 is 0 Å². The van der Waals surface area contributed by atoms with Gasteiger partial charge in [0.2, 0.25) is 0 Å². The third kappa shape index (κ3) is 3.14. The van der Waals surface area contributed by atoms with Gasteiger partial charge in [-0.1, -0.05) is 30.5 Å². The zero-order chi connectivity index (χ0) is 14.7. The number of anilines is 1. The van der Waals surface area contributed by atoms with E-state index in [0.29, 0.717) is 10.6 Å². The first-order valence-corrected chi connectivity index (χ1v) is 7.25. The minimum Gasteiger partial charge on any atom is -0.399 e. The maximum Gasteiger partial charge on any atom is 0.265 e. The second kappa shape index (κ2) is 6.00. The van der Waals surface area contributed by atoms with Crippen molar-refractivity contribution in [1.29, 1.82) is 0 Å². The highest BCUT2D eigenvalue weighted by Crippen LogP contribution is 2.21. The van der Waals surface area contributed by atoms with Crippen molar-refractivity contribution in [3.63, 3.8) is 0 Å². The first-order chi connectivity index (χ1) is 9.49.